The van der Waals surface area contributed by atoms with Crippen LogP contribution in [-0.4, -0.2) is 21.5 Å². The number of fused-ring (bicyclic) bond motifs is 1. The highest BCUT2D eigenvalue weighted by Crippen LogP contribution is 2.23. The number of benzene rings is 1. The van der Waals surface area contributed by atoms with Crippen molar-refractivity contribution < 1.29 is 18.0 Å². The number of amides is 1. The standard InChI is InChI=1S/C17H14F3N3O/c1-11-6-7-23-10-14(22-15(23)8-11)12-2-4-13(5-3-12)21-16(24)9-17(18,19)20/h2-8,10H,9H2,1H3,(H,21,24). The third-order valence-corrected chi connectivity index (χ3v) is 3.44. The first-order chi connectivity index (χ1) is 11.3. The van der Waals surface area contributed by atoms with Gasteiger partial charge in [0.15, 0.2) is 0 Å². The monoisotopic (exact) mass is 333 g/mol. The molecule has 2 heterocycles. The predicted octanol–water partition coefficient (Wildman–Crippen LogP) is 4.20. The van der Waals surface area contributed by atoms with E-state index in [0.717, 1.165) is 22.5 Å². The number of aryl methyl sites for hydroxylation is 1. The Morgan fingerprint density at radius 1 is 1.21 bits per heavy atom. The molecule has 4 nitrogen and oxygen atoms in total. The summed E-state index contributed by atoms with van der Waals surface area (Å²) in [5.41, 5.74) is 3.78. The highest BCUT2D eigenvalue weighted by atomic mass is 19.4. The normalized spacial score (nSPS) is 11.7. The summed E-state index contributed by atoms with van der Waals surface area (Å²) in [6.45, 7) is 1.98. The van der Waals surface area contributed by atoms with Crippen LogP contribution in [0.25, 0.3) is 16.9 Å². The topological polar surface area (TPSA) is 46.4 Å². The van der Waals surface area contributed by atoms with Gasteiger partial charge in [-0.2, -0.15) is 13.2 Å². The van der Waals surface area contributed by atoms with Gasteiger partial charge in [-0.05, 0) is 36.8 Å². The lowest BCUT2D eigenvalue weighted by molar-refractivity contribution is -0.150. The number of carbonyl (C=O) groups excluding carboxylic acids is 1. The number of imidazole rings is 1. The molecule has 2 aromatic heterocycles. The van der Waals surface area contributed by atoms with Crippen LogP contribution >= 0.6 is 0 Å². The van der Waals surface area contributed by atoms with Gasteiger partial charge in [-0.3, -0.25) is 4.79 Å². The van der Waals surface area contributed by atoms with E-state index in [2.05, 4.69) is 10.3 Å². The van der Waals surface area contributed by atoms with Crippen molar-refractivity contribution >= 4 is 17.2 Å². The van der Waals surface area contributed by atoms with Crippen LogP contribution in [-0.2, 0) is 4.79 Å². The summed E-state index contributed by atoms with van der Waals surface area (Å²) in [5, 5.41) is 2.23. The minimum atomic E-state index is -4.52. The Bertz CT molecular complexity index is 882. The van der Waals surface area contributed by atoms with Gasteiger partial charge in [0, 0.05) is 23.6 Å². The average Bonchev–Trinajstić information content (AvgIpc) is 2.89. The smallest absolute Gasteiger partial charge is 0.326 e. The van der Waals surface area contributed by atoms with Crippen LogP contribution in [0, 0.1) is 6.92 Å². The van der Waals surface area contributed by atoms with E-state index in [1.54, 1.807) is 24.3 Å². The van der Waals surface area contributed by atoms with Gasteiger partial charge in [-0.15, -0.1) is 0 Å². The number of halogens is 3. The molecule has 0 saturated heterocycles. The molecule has 0 bridgehead atoms. The molecule has 0 unspecified atom stereocenters. The summed E-state index contributed by atoms with van der Waals surface area (Å²) in [6.07, 6.45) is -2.24. The highest BCUT2D eigenvalue weighted by molar-refractivity contribution is 5.91. The van der Waals surface area contributed by atoms with Crippen molar-refractivity contribution in [3.63, 3.8) is 0 Å². The maximum atomic E-state index is 12.2. The molecular weight excluding hydrogens is 319 g/mol. The zero-order valence-electron chi connectivity index (χ0n) is 12.8. The number of rotatable bonds is 3. The second kappa shape index (κ2) is 5.99. The van der Waals surface area contributed by atoms with Gasteiger partial charge in [0.1, 0.15) is 12.1 Å². The zero-order chi connectivity index (χ0) is 17.3. The van der Waals surface area contributed by atoms with Crippen molar-refractivity contribution in [2.24, 2.45) is 0 Å². The van der Waals surface area contributed by atoms with Gasteiger partial charge < -0.3 is 9.72 Å². The number of pyridine rings is 1. The SMILES string of the molecule is Cc1ccn2cc(-c3ccc(NC(=O)CC(F)(F)F)cc3)nc2c1. The fraction of sp³-hybridized carbons (Fsp3) is 0.176. The molecule has 1 N–H and O–H groups in total. The maximum Gasteiger partial charge on any atom is 0.397 e. The summed E-state index contributed by atoms with van der Waals surface area (Å²) in [4.78, 5) is 15.8. The van der Waals surface area contributed by atoms with Gasteiger partial charge in [0.05, 0.1) is 5.69 Å². The van der Waals surface area contributed by atoms with E-state index in [0.29, 0.717) is 5.69 Å². The fourth-order valence-corrected chi connectivity index (χ4v) is 2.33. The summed E-state index contributed by atoms with van der Waals surface area (Å²) in [6, 6.07) is 10.4. The summed E-state index contributed by atoms with van der Waals surface area (Å²) < 4.78 is 38.3. The number of carbonyl (C=O) groups is 1. The van der Waals surface area contributed by atoms with Crippen LogP contribution < -0.4 is 5.32 Å². The van der Waals surface area contributed by atoms with E-state index < -0.39 is 18.5 Å². The molecule has 7 heteroatoms. The van der Waals surface area contributed by atoms with Crippen LogP contribution in [0.4, 0.5) is 18.9 Å². The minimum absolute atomic E-state index is 0.313. The first kappa shape index (κ1) is 16.0. The van der Waals surface area contributed by atoms with E-state index in [1.165, 1.54) is 0 Å². The van der Waals surface area contributed by atoms with Crippen molar-refractivity contribution in [1.82, 2.24) is 9.38 Å². The van der Waals surface area contributed by atoms with Crippen molar-refractivity contribution in [1.29, 1.82) is 0 Å². The maximum absolute atomic E-state index is 12.2. The Kier molecular flexibility index (Phi) is 4.01. The largest absolute Gasteiger partial charge is 0.397 e. The molecule has 24 heavy (non-hydrogen) atoms. The molecule has 3 aromatic rings. The van der Waals surface area contributed by atoms with E-state index in [9.17, 15) is 18.0 Å². The van der Waals surface area contributed by atoms with Crippen LogP contribution in [0.3, 0.4) is 0 Å². The van der Waals surface area contributed by atoms with Crippen LogP contribution in [0.5, 0.6) is 0 Å². The Morgan fingerprint density at radius 3 is 2.58 bits per heavy atom. The number of alkyl halides is 3. The van der Waals surface area contributed by atoms with Crippen molar-refractivity contribution in [3.8, 4) is 11.3 Å². The number of anilines is 1. The summed E-state index contributed by atoms with van der Waals surface area (Å²) in [5.74, 6) is -1.08. The molecule has 0 spiro atoms. The number of hydrogen-bond acceptors (Lipinski definition) is 2. The first-order valence-electron chi connectivity index (χ1n) is 7.22. The molecule has 0 atom stereocenters. The van der Waals surface area contributed by atoms with Crippen LogP contribution in [0.1, 0.15) is 12.0 Å². The van der Waals surface area contributed by atoms with Gasteiger partial charge in [-0.25, -0.2) is 4.98 Å². The zero-order valence-corrected chi connectivity index (χ0v) is 12.8. The lowest BCUT2D eigenvalue weighted by Crippen LogP contribution is -2.21. The molecule has 3 rings (SSSR count). The van der Waals surface area contributed by atoms with Gasteiger partial charge >= 0.3 is 6.18 Å². The summed E-state index contributed by atoms with van der Waals surface area (Å²) in [7, 11) is 0. The molecule has 0 aliphatic heterocycles. The second-order valence-electron chi connectivity index (χ2n) is 5.51. The molecule has 0 aliphatic rings. The Balaban J connectivity index is 1.77. The quantitative estimate of drug-likeness (QED) is 0.781. The van der Waals surface area contributed by atoms with Crippen LogP contribution in [0.15, 0.2) is 48.8 Å². The van der Waals surface area contributed by atoms with Crippen molar-refractivity contribution in [2.45, 2.75) is 19.5 Å². The van der Waals surface area contributed by atoms with Crippen molar-refractivity contribution in [3.05, 3.63) is 54.4 Å². The molecule has 1 aromatic carbocycles. The van der Waals surface area contributed by atoms with Crippen LogP contribution in [0.2, 0.25) is 0 Å². The molecule has 0 radical (unpaired) electrons. The van der Waals surface area contributed by atoms with Gasteiger partial charge in [-0.1, -0.05) is 12.1 Å². The molecule has 0 aliphatic carbocycles. The Morgan fingerprint density at radius 2 is 1.92 bits per heavy atom. The predicted molar refractivity (Wildman–Crippen MR) is 84.7 cm³/mol. The Labute approximate surface area is 135 Å². The summed E-state index contributed by atoms with van der Waals surface area (Å²) >= 11 is 0. The average molecular weight is 333 g/mol. The van der Waals surface area contributed by atoms with Gasteiger partial charge in [0.25, 0.3) is 0 Å². The number of aromatic nitrogens is 2. The van der Waals surface area contributed by atoms with E-state index in [4.69, 9.17) is 0 Å². The van der Waals surface area contributed by atoms with Gasteiger partial charge in [0.2, 0.25) is 5.91 Å². The number of nitrogens with zero attached hydrogens (tertiary/aromatic N) is 2. The van der Waals surface area contributed by atoms with E-state index in [-0.39, 0.29) is 0 Å². The molecule has 0 fully saturated rings. The lowest BCUT2D eigenvalue weighted by Gasteiger charge is -2.08. The minimum Gasteiger partial charge on any atom is -0.326 e. The second-order valence-corrected chi connectivity index (χ2v) is 5.51. The fourth-order valence-electron chi connectivity index (χ4n) is 2.33. The van der Waals surface area contributed by atoms with E-state index >= 15 is 0 Å². The molecular formula is C17H14F3N3O. The first-order valence-corrected chi connectivity index (χ1v) is 7.22. The number of nitrogens with one attached hydrogen (secondary N) is 1. The Hall–Kier alpha value is -2.83. The molecule has 124 valence electrons. The third kappa shape index (κ3) is 3.73. The highest BCUT2D eigenvalue weighted by Gasteiger charge is 2.31. The third-order valence-electron chi connectivity index (χ3n) is 3.44. The molecule has 0 saturated carbocycles. The van der Waals surface area contributed by atoms with Crippen molar-refractivity contribution in [2.75, 3.05) is 5.32 Å². The molecule has 1 amide bonds. The lowest BCUT2D eigenvalue weighted by atomic mass is 10.1. The van der Waals surface area contributed by atoms with E-state index in [1.807, 2.05) is 35.9 Å². The number of hydrogen-bond donors (Lipinski definition) is 1.